The van der Waals surface area contributed by atoms with Crippen molar-refractivity contribution in [3.63, 3.8) is 0 Å². The van der Waals surface area contributed by atoms with Crippen molar-refractivity contribution in [2.24, 2.45) is 0 Å². The number of rotatable bonds is 3. The normalized spacial score (nSPS) is 22.8. The first kappa shape index (κ1) is 16.3. The first-order valence-electron chi connectivity index (χ1n) is 7.48. The molecular formula is C16H23F3N2. The summed E-state index contributed by atoms with van der Waals surface area (Å²) in [5.41, 5.74) is 0.315. The van der Waals surface area contributed by atoms with Crippen LogP contribution in [0.5, 0.6) is 0 Å². The Morgan fingerprint density at radius 1 is 1.14 bits per heavy atom. The smallest absolute Gasteiger partial charge is 0.307 e. The van der Waals surface area contributed by atoms with Gasteiger partial charge in [-0.3, -0.25) is 0 Å². The Morgan fingerprint density at radius 2 is 1.81 bits per heavy atom. The minimum Gasteiger partial charge on any atom is -0.307 e. The van der Waals surface area contributed by atoms with E-state index in [4.69, 9.17) is 0 Å². The van der Waals surface area contributed by atoms with E-state index in [0.29, 0.717) is 6.04 Å². The number of hydrogen-bond donors (Lipinski definition) is 1. The molecule has 1 saturated heterocycles. The third-order valence-corrected chi connectivity index (χ3v) is 4.18. The largest absolute Gasteiger partial charge is 0.416 e. The lowest BCUT2D eigenvalue weighted by atomic mass is 10.0. The molecule has 0 radical (unpaired) electrons. The minimum absolute atomic E-state index is 0.0701. The second-order valence-electron chi connectivity index (χ2n) is 5.94. The van der Waals surface area contributed by atoms with Crippen molar-refractivity contribution in [1.82, 2.24) is 10.2 Å². The standard InChI is InChI=1S/C16H23F3N2/c1-12(20-15-4-3-10-21(2)11-9-15)13-5-7-14(8-6-13)16(17,18)19/h5-8,12,15,20H,3-4,9-11H2,1-2H3. The van der Waals surface area contributed by atoms with Gasteiger partial charge in [-0.2, -0.15) is 13.2 Å². The van der Waals surface area contributed by atoms with E-state index in [1.807, 2.05) is 6.92 Å². The van der Waals surface area contributed by atoms with E-state index in [0.717, 1.165) is 50.0 Å². The summed E-state index contributed by atoms with van der Waals surface area (Å²) in [5.74, 6) is 0. The van der Waals surface area contributed by atoms with Crippen molar-refractivity contribution in [2.45, 2.75) is 44.4 Å². The van der Waals surface area contributed by atoms with Gasteiger partial charge in [-0.15, -0.1) is 0 Å². The van der Waals surface area contributed by atoms with Gasteiger partial charge in [0.1, 0.15) is 0 Å². The molecule has 1 N–H and O–H groups in total. The maximum atomic E-state index is 12.6. The molecule has 0 saturated carbocycles. The van der Waals surface area contributed by atoms with E-state index in [1.165, 1.54) is 0 Å². The van der Waals surface area contributed by atoms with Crippen molar-refractivity contribution in [3.8, 4) is 0 Å². The summed E-state index contributed by atoms with van der Waals surface area (Å²) >= 11 is 0. The number of halogens is 3. The third kappa shape index (κ3) is 4.71. The summed E-state index contributed by atoms with van der Waals surface area (Å²) in [4.78, 5) is 2.32. The van der Waals surface area contributed by atoms with Crippen molar-refractivity contribution in [1.29, 1.82) is 0 Å². The quantitative estimate of drug-likeness (QED) is 0.912. The Kier molecular flexibility index (Phi) is 5.27. The molecule has 2 atom stereocenters. The van der Waals surface area contributed by atoms with E-state index in [-0.39, 0.29) is 6.04 Å². The highest BCUT2D eigenvalue weighted by molar-refractivity contribution is 5.26. The van der Waals surface area contributed by atoms with E-state index >= 15 is 0 Å². The molecule has 2 unspecified atom stereocenters. The van der Waals surface area contributed by atoms with Gasteiger partial charge < -0.3 is 10.2 Å². The molecule has 0 spiro atoms. The summed E-state index contributed by atoms with van der Waals surface area (Å²) in [6.45, 7) is 4.20. The zero-order valence-electron chi connectivity index (χ0n) is 12.6. The van der Waals surface area contributed by atoms with Crippen molar-refractivity contribution in [2.75, 3.05) is 20.1 Å². The Morgan fingerprint density at radius 3 is 2.43 bits per heavy atom. The molecule has 0 aliphatic carbocycles. The summed E-state index contributed by atoms with van der Waals surface area (Å²) in [5, 5.41) is 3.55. The number of hydrogen-bond acceptors (Lipinski definition) is 2. The molecule has 1 aromatic carbocycles. The second-order valence-corrected chi connectivity index (χ2v) is 5.94. The molecule has 118 valence electrons. The Balaban J connectivity index is 1.95. The number of alkyl halides is 3. The zero-order chi connectivity index (χ0) is 15.5. The lowest BCUT2D eigenvalue weighted by Crippen LogP contribution is -2.32. The highest BCUT2D eigenvalue weighted by atomic mass is 19.4. The molecule has 1 aliphatic heterocycles. The lowest BCUT2D eigenvalue weighted by molar-refractivity contribution is -0.137. The van der Waals surface area contributed by atoms with Crippen LogP contribution in [-0.4, -0.2) is 31.1 Å². The predicted octanol–water partition coefficient (Wildman–Crippen LogP) is 3.84. The predicted molar refractivity (Wildman–Crippen MR) is 78.1 cm³/mol. The van der Waals surface area contributed by atoms with Crippen LogP contribution < -0.4 is 5.32 Å². The minimum atomic E-state index is -4.26. The fraction of sp³-hybridized carbons (Fsp3) is 0.625. The average molecular weight is 300 g/mol. The summed E-state index contributed by atoms with van der Waals surface area (Å²) in [6, 6.07) is 5.98. The van der Waals surface area contributed by atoms with E-state index < -0.39 is 11.7 Å². The number of benzene rings is 1. The summed E-state index contributed by atoms with van der Waals surface area (Å²) in [7, 11) is 2.13. The van der Waals surface area contributed by atoms with Gasteiger partial charge in [-0.05, 0) is 64.0 Å². The van der Waals surface area contributed by atoms with E-state index in [1.54, 1.807) is 12.1 Å². The number of nitrogens with zero attached hydrogens (tertiary/aromatic N) is 1. The molecule has 21 heavy (non-hydrogen) atoms. The van der Waals surface area contributed by atoms with Gasteiger partial charge in [0.2, 0.25) is 0 Å². The van der Waals surface area contributed by atoms with Crippen LogP contribution in [0.1, 0.15) is 43.4 Å². The van der Waals surface area contributed by atoms with Crippen LogP contribution in [0.25, 0.3) is 0 Å². The van der Waals surface area contributed by atoms with Gasteiger partial charge in [0.25, 0.3) is 0 Å². The topological polar surface area (TPSA) is 15.3 Å². The van der Waals surface area contributed by atoms with Crippen LogP contribution in [0.4, 0.5) is 13.2 Å². The first-order valence-corrected chi connectivity index (χ1v) is 7.48. The van der Waals surface area contributed by atoms with Gasteiger partial charge in [-0.1, -0.05) is 12.1 Å². The SMILES string of the molecule is CC(NC1CCCN(C)CC1)c1ccc(C(F)(F)F)cc1. The summed E-state index contributed by atoms with van der Waals surface area (Å²) in [6.07, 6.45) is -0.897. The molecule has 1 aromatic rings. The van der Waals surface area contributed by atoms with Crippen LogP contribution in [0.2, 0.25) is 0 Å². The molecular weight excluding hydrogens is 277 g/mol. The van der Waals surface area contributed by atoms with Gasteiger partial charge in [0.05, 0.1) is 5.56 Å². The fourth-order valence-electron chi connectivity index (χ4n) is 2.82. The average Bonchev–Trinajstić information content (AvgIpc) is 2.63. The van der Waals surface area contributed by atoms with Crippen LogP contribution in [0.15, 0.2) is 24.3 Å². The molecule has 1 heterocycles. The maximum Gasteiger partial charge on any atom is 0.416 e. The second kappa shape index (κ2) is 6.79. The van der Waals surface area contributed by atoms with Crippen molar-refractivity contribution < 1.29 is 13.2 Å². The highest BCUT2D eigenvalue weighted by Crippen LogP contribution is 2.30. The molecule has 5 heteroatoms. The van der Waals surface area contributed by atoms with Crippen LogP contribution in [0, 0.1) is 0 Å². The molecule has 1 fully saturated rings. The molecule has 0 bridgehead atoms. The maximum absolute atomic E-state index is 12.6. The van der Waals surface area contributed by atoms with Gasteiger partial charge in [-0.25, -0.2) is 0 Å². The van der Waals surface area contributed by atoms with Crippen molar-refractivity contribution >= 4 is 0 Å². The Labute approximate surface area is 124 Å². The molecule has 2 rings (SSSR count). The number of likely N-dealkylation sites (tertiary alicyclic amines) is 1. The molecule has 0 aromatic heterocycles. The third-order valence-electron chi connectivity index (χ3n) is 4.18. The number of nitrogens with one attached hydrogen (secondary N) is 1. The van der Waals surface area contributed by atoms with Crippen LogP contribution >= 0.6 is 0 Å². The van der Waals surface area contributed by atoms with Gasteiger partial charge in [0.15, 0.2) is 0 Å². The fourth-order valence-corrected chi connectivity index (χ4v) is 2.82. The first-order chi connectivity index (χ1) is 9.86. The van der Waals surface area contributed by atoms with E-state index in [9.17, 15) is 13.2 Å². The van der Waals surface area contributed by atoms with Crippen LogP contribution in [-0.2, 0) is 6.18 Å². The Bertz CT molecular complexity index is 442. The van der Waals surface area contributed by atoms with Crippen molar-refractivity contribution in [3.05, 3.63) is 35.4 Å². The van der Waals surface area contributed by atoms with E-state index in [2.05, 4.69) is 17.3 Å². The Hall–Kier alpha value is -1.07. The van der Waals surface area contributed by atoms with Crippen LogP contribution in [0.3, 0.4) is 0 Å². The lowest BCUT2D eigenvalue weighted by Gasteiger charge is -2.23. The van der Waals surface area contributed by atoms with Gasteiger partial charge in [0, 0.05) is 12.1 Å². The van der Waals surface area contributed by atoms with Gasteiger partial charge >= 0.3 is 6.18 Å². The molecule has 2 nitrogen and oxygen atoms in total. The zero-order valence-corrected chi connectivity index (χ0v) is 12.6. The molecule has 1 aliphatic rings. The summed E-state index contributed by atoms with van der Waals surface area (Å²) < 4.78 is 37.7. The molecule has 0 amide bonds. The highest BCUT2D eigenvalue weighted by Gasteiger charge is 2.30. The monoisotopic (exact) mass is 300 g/mol.